The molecular formula is C20H22N6O2S. The summed E-state index contributed by atoms with van der Waals surface area (Å²) >= 11 is 0. The quantitative estimate of drug-likeness (QED) is 0.691. The van der Waals surface area contributed by atoms with Gasteiger partial charge in [0, 0.05) is 29.4 Å². The molecule has 0 spiro atoms. The van der Waals surface area contributed by atoms with Crippen LogP contribution in [0.4, 0.5) is 0 Å². The van der Waals surface area contributed by atoms with Gasteiger partial charge in [-0.3, -0.25) is 4.98 Å². The normalized spacial score (nSPS) is 14.9. The topological polar surface area (TPSA) is 114 Å². The molecule has 0 aromatic carbocycles. The number of hydrogen-bond acceptors (Lipinski definition) is 6. The van der Waals surface area contributed by atoms with E-state index in [1.165, 1.54) is 12.4 Å². The van der Waals surface area contributed by atoms with Crippen molar-refractivity contribution in [3.05, 3.63) is 35.9 Å². The standard InChI is InChI=1S/C20H22N6O2S/c1-12(2)25-29(27,28)15-9-23-20(24-10-15)19-16(8-21)17-11-22-13(3)7-18(17)26(19)14-5-4-6-14/h7,9-12,14,25H,4-6H2,1-3H3. The number of rotatable bonds is 5. The molecule has 0 saturated heterocycles. The highest BCUT2D eigenvalue weighted by molar-refractivity contribution is 7.89. The van der Waals surface area contributed by atoms with Gasteiger partial charge in [0.15, 0.2) is 5.82 Å². The summed E-state index contributed by atoms with van der Waals surface area (Å²) < 4.78 is 29.4. The van der Waals surface area contributed by atoms with E-state index in [0.717, 1.165) is 35.9 Å². The first-order valence-corrected chi connectivity index (χ1v) is 11.1. The lowest BCUT2D eigenvalue weighted by Gasteiger charge is -2.29. The van der Waals surface area contributed by atoms with Crippen molar-refractivity contribution in [2.24, 2.45) is 0 Å². The van der Waals surface area contributed by atoms with Gasteiger partial charge in [-0.05, 0) is 46.1 Å². The molecule has 0 bridgehead atoms. The number of nitriles is 1. The molecule has 29 heavy (non-hydrogen) atoms. The Balaban J connectivity index is 1.89. The molecule has 9 heteroatoms. The average molecular weight is 411 g/mol. The van der Waals surface area contributed by atoms with E-state index >= 15 is 0 Å². The van der Waals surface area contributed by atoms with Crippen LogP contribution in [0.15, 0.2) is 29.6 Å². The first-order chi connectivity index (χ1) is 13.8. The van der Waals surface area contributed by atoms with Crippen LogP contribution in [0, 0.1) is 18.3 Å². The summed E-state index contributed by atoms with van der Waals surface area (Å²) in [6, 6.07) is 4.29. The fourth-order valence-electron chi connectivity index (χ4n) is 3.62. The fourth-order valence-corrected chi connectivity index (χ4v) is 4.76. The van der Waals surface area contributed by atoms with Crippen LogP contribution in [0.2, 0.25) is 0 Å². The molecule has 1 N–H and O–H groups in total. The Morgan fingerprint density at radius 2 is 1.90 bits per heavy atom. The maximum atomic E-state index is 12.4. The van der Waals surface area contributed by atoms with Gasteiger partial charge < -0.3 is 4.57 Å². The molecule has 1 aliphatic carbocycles. The van der Waals surface area contributed by atoms with Crippen molar-refractivity contribution in [2.75, 3.05) is 0 Å². The third kappa shape index (κ3) is 3.39. The highest BCUT2D eigenvalue weighted by Crippen LogP contribution is 2.41. The van der Waals surface area contributed by atoms with Crippen molar-refractivity contribution >= 4 is 20.9 Å². The molecule has 0 radical (unpaired) electrons. The van der Waals surface area contributed by atoms with Crippen molar-refractivity contribution in [1.29, 1.82) is 5.26 Å². The van der Waals surface area contributed by atoms with Crippen LogP contribution in [-0.2, 0) is 10.0 Å². The Hall–Kier alpha value is -2.83. The van der Waals surface area contributed by atoms with Gasteiger partial charge in [-0.2, -0.15) is 5.26 Å². The molecule has 0 atom stereocenters. The second-order valence-electron chi connectivity index (χ2n) is 7.65. The van der Waals surface area contributed by atoms with E-state index in [4.69, 9.17) is 0 Å². The maximum absolute atomic E-state index is 12.4. The summed E-state index contributed by atoms with van der Waals surface area (Å²) in [7, 11) is -3.68. The molecule has 1 fully saturated rings. The van der Waals surface area contributed by atoms with Gasteiger partial charge >= 0.3 is 0 Å². The minimum Gasteiger partial charge on any atom is -0.334 e. The predicted octanol–water partition coefficient (Wildman–Crippen LogP) is 3.09. The number of pyridine rings is 1. The van der Waals surface area contributed by atoms with Gasteiger partial charge in [0.05, 0.1) is 23.5 Å². The zero-order valence-corrected chi connectivity index (χ0v) is 17.4. The van der Waals surface area contributed by atoms with Crippen molar-refractivity contribution < 1.29 is 8.42 Å². The molecule has 3 aromatic heterocycles. The number of fused-ring (bicyclic) bond motifs is 1. The van der Waals surface area contributed by atoms with E-state index in [0.29, 0.717) is 17.1 Å². The van der Waals surface area contributed by atoms with Crippen LogP contribution in [0.1, 0.15) is 50.4 Å². The van der Waals surface area contributed by atoms with E-state index < -0.39 is 10.0 Å². The Morgan fingerprint density at radius 1 is 1.21 bits per heavy atom. The van der Waals surface area contributed by atoms with Crippen molar-refractivity contribution in [1.82, 2.24) is 24.2 Å². The predicted molar refractivity (Wildman–Crippen MR) is 109 cm³/mol. The molecular weight excluding hydrogens is 388 g/mol. The van der Waals surface area contributed by atoms with E-state index in [1.807, 2.05) is 13.0 Å². The molecule has 150 valence electrons. The lowest BCUT2D eigenvalue weighted by molar-refractivity contribution is 0.323. The highest BCUT2D eigenvalue weighted by atomic mass is 32.2. The average Bonchev–Trinajstić information content (AvgIpc) is 2.93. The fraction of sp³-hybridized carbons (Fsp3) is 0.400. The number of aromatic nitrogens is 4. The molecule has 8 nitrogen and oxygen atoms in total. The van der Waals surface area contributed by atoms with Gasteiger partial charge in [0.1, 0.15) is 16.7 Å². The minimum atomic E-state index is -3.68. The first-order valence-electron chi connectivity index (χ1n) is 9.57. The molecule has 1 aliphatic rings. The number of sulfonamides is 1. The Bertz CT molecular complexity index is 1220. The van der Waals surface area contributed by atoms with Gasteiger partial charge in [-0.25, -0.2) is 23.1 Å². The van der Waals surface area contributed by atoms with Crippen LogP contribution >= 0.6 is 0 Å². The summed E-state index contributed by atoms with van der Waals surface area (Å²) in [6.45, 7) is 5.42. The number of hydrogen-bond donors (Lipinski definition) is 1. The third-order valence-corrected chi connectivity index (χ3v) is 6.73. The van der Waals surface area contributed by atoms with Gasteiger partial charge in [0.2, 0.25) is 10.0 Å². The summed E-state index contributed by atoms with van der Waals surface area (Å²) in [5, 5.41) is 10.6. The lowest BCUT2D eigenvalue weighted by Crippen LogP contribution is -2.30. The number of nitrogens with one attached hydrogen (secondary N) is 1. The monoisotopic (exact) mass is 410 g/mol. The zero-order chi connectivity index (χ0) is 20.8. The van der Waals surface area contributed by atoms with Gasteiger partial charge in [-0.1, -0.05) is 0 Å². The van der Waals surface area contributed by atoms with Crippen molar-refractivity contribution in [3.8, 4) is 17.6 Å². The largest absolute Gasteiger partial charge is 0.334 e. The molecule has 3 heterocycles. The summed E-state index contributed by atoms with van der Waals surface area (Å²) in [5.74, 6) is 0.339. The van der Waals surface area contributed by atoms with Crippen LogP contribution in [-0.4, -0.2) is 34.0 Å². The SMILES string of the molecule is Cc1cc2c(cn1)c(C#N)c(-c1ncc(S(=O)(=O)NC(C)C)cn1)n2C1CCC1. The Kier molecular flexibility index (Phi) is 4.84. The van der Waals surface area contributed by atoms with Gasteiger partial charge in [-0.15, -0.1) is 0 Å². The summed E-state index contributed by atoms with van der Waals surface area (Å²) in [4.78, 5) is 13.0. The first kappa shape index (κ1) is 19.5. The Labute approximate surface area is 169 Å². The number of aryl methyl sites for hydroxylation is 1. The molecule has 0 unspecified atom stereocenters. The lowest BCUT2D eigenvalue weighted by atomic mass is 9.92. The smallest absolute Gasteiger partial charge is 0.243 e. The van der Waals surface area contributed by atoms with E-state index in [2.05, 4.69) is 30.3 Å². The third-order valence-electron chi connectivity index (χ3n) is 5.12. The van der Waals surface area contributed by atoms with Crippen molar-refractivity contribution in [3.63, 3.8) is 0 Å². The van der Waals surface area contributed by atoms with Crippen LogP contribution in [0.25, 0.3) is 22.4 Å². The van der Waals surface area contributed by atoms with Crippen LogP contribution in [0.3, 0.4) is 0 Å². The highest BCUT2D eigenvalue weighted by Gasteiger charge is 2.29. The van der Waals surface area contributed by atoms with E-state index in [-0.39, 0.29) is 17.0 Å². The van der Waals surface area contributed by atoms with Gasteiger partial charge in [0.25, 0.3) is 0 Å². The summed E-state index contributed by atoms with van der Waals surface area (Å²) in [6.07, 6.45) is 7.48. The Morgan fingerprint density at radius 3 is 2.45 bits per heavy atom. The van der Waals surface area contributed by atoms with E-state index in [9.17, 15) is 13.7 Å². The minimum absolute atomic E-state index is 0.00252. The second-order valence-corrected chi connectivity index (χ2v) is 9.37. The molecule has 0 aliphatic heterocycles. The molecule has 0 amide bonds. The molecule has 1 saturated carbocycles. The second kappa shape index (κ2) is 7.21. The molecule has 4 rings (SSSR count). The zero-order valence-electron chi connectivity index (χ0n) is 16.5. The maximum Gasteiger partial charge on any atom is 0.243 e. The van der Waals surface area contributed by atoms with Crippen LogP contribution in [0.5, 0.6) is 0 Å². The molecule has 3 aromatic rings. The summed E-state index contributed by atoms with van der Waals surface area (Å²) in [5.41, 5.74) is 2.90. The van der Waals surface area contributed by atoms with Crippen LogP contribution < -0.4 is 4.72 Å². The number of nitrogens with zero attached hydrogens (tertiary/aromatic N) is 5. The van der Waals surface area contributed by atoms with Crippen molar-refractivity contribution in [2.45, 2.75) is 57.0 Å². The van der Waals surface area contributed by atoms with E-state index in [1.54, 1.807) is 20.0 Å².